The predicted octanol–water partition coefficient (Wildman–Crippen LogP) is 2.30. The molecular weight excluding hydrogens is 230 g/mol. The smallest absolute Gasteiger partial charge is 0.346 e. The third-order valence-electron chi connectivity index (χ3n) is 2.73. The number of hydrogen-bond acceptors (Lipinski definition) is 4. The molecule has 0 aliphatic carbocycles. The van der Waals surface area contributed by atoms with Gasteiger partial charge in [-0.3, -0.25) is 0 Å². The van der Waals surface area contributed by atoms with Crippen molar-refractivity contribution in [2.24, 2.45) is 0 Å². The Labute approximate surface area is 108 Å². The van der Waals surface area contributed by atoms with Crippen molar-refractivity contribution in [1.29, 1.82) is 0 Å². The summed E-state index contributed by atoms with van der Waals surface area (Å²) in [7, 11) is 1.36. The average Bonchev–Trinajstić information content (AvgIpc) is 2.38. The van der Waals surface area contributed by atoms with Crippen LogP contribution in [0.5, 0.6) is 5.75 Å². The SMILES string of the molecule is CCNC(C)c1ccccc1OC(C)C(=O)OC. The molecule has 0 saturated heterocycles. The molecule has 0 saturated carbocycles. The minimum absolute atomic E-state index is 0.177. The first-order chi connectivity index (χ1) is 8.60. The molecule has 1 N–H and O–H groups in total. The van der Waals surface area contributed by atoms with Crippen molar-refractivity contribution in [3.63, 3.8) is 0 Å². The van der Waals surface area contributed by atoms with Crippen molar-refractivity contribution in [1.82, 2.24) is 5.32 Å². The summed E-state index contributed by atoms with van der Waals surface area (Å²) in [5, 5.41) is 3.32. The van der Waals surface area contributed by atoms with Gasteiger partial charge in [0.25, 0.3) is 0 Å². The van der Waals surface area contributed by atoms with Gasteiger partial charge in [-0.15, -0.1) is 0 Å². The number of nitrogens with one attached hydrogen (secondary N) is 1. The first-order valence-corrected chi connectivity index (χ1v) is 6.17. The van der Waals surface area contributed by atoms with Gasteiger partial charge >= 0.3 is 5.97 Å². The highest BCUT2D eigenvalue weighted by atomic mass is 16.6. The van der Waals surface area contributed by atoms with Crippen LogP contribution in [-0.2, 0) is 9.53 Å². The lowest BCUT2D eigenvalue weighted by Crippen LogP contribution is -2.26. The Bertz CT molecular complexity index is 392. The molecule has 0 amide bonds. The van der Waals surface area contributed by atoms with Crippen LogP contribution in [0.25, 0.3) is 0 Å². The van der Waals surface area contributed by atoms with E-state index in [4.69, 9.17) is 4.74 Å². The van der Waals surface area contributed by atoms with Crippen molar-refractivity contribution < 1.29 is 14.3 Å². The second-order valence-electron chi connectivity index (χ2n) is 4.10. The maximum atomic E-state index is 11.4. The summed E-state index contributed by atoms with van der Waals surface area (Å²) in [5.41, 5.74) is 1.04. The van der Waals surface area contributed by atoms with Crippen LogP contribution in [0.3, 0.4) is 0 Å². The molecule has 0 aliphatic heterocycles. The summed E-state index contributed by atoms with van der Waals surface area (Å²) in [4.78, 5) is 11.4. The molecule has 100 valence electrons. The summed E-state index contributed by atoms with van der Waals surface area (Å²) in [6, 6.07) is 7.88. The van der Waals surface area contributed by atoms with Gasteiger partial charge in [-0.25, -0.2) is 4.79 Å². The van der Waals surface area contributed by atoms with Crippen LogP contribution in [0.1, 0.15) is 32.4 Å². The first kappa shape index (κ1) is 14.5. The van der Waals surface area contributed by atoms with Crippen LogP contribution in [0.2, 0.25) is 0 Å². The molecule has 0 spiro atoms. The van der Waals surface area contributed by atoms with Crippen LogP contribution in [-0.4, -0.2) is 25.7 Å². The molecule has 2 atom stereocenters. The maximum absolute atomic E-state index is 11.4. The zero-order chi connectivity index (χ0) is 13.5. The Morgan fingerprint density at radius 2 is 2.00 bits per heavy atom. The molecule has 1 rings (SSSR count). The molecule has 0 radical (unpaired) electrons. The van der Waals surface area contributed by atoms with Crippen LogP contribution in [0, 0.1) is 0 Å². The Hall–Kier alpha value is -1.55. The summed E-state index contributed by atoms with van der Waals surface area (Å²) in [5.74, 6) is 0.338. The highest BCUT2D eigenvalue weighted by molar-refractivity contribution is 5.74. The summed E-state index contributed by atoms with van der Waals surface area (Å²) >= 11 is 0. The molecule has 0 heterocycles. The highest BCUT2D eigenvalue weighted by Gasteiger charge is 2.18. The topological polar surface area (TPSA) is 47.6 Å². The standard InChI is InChI=1S/C14H21NO3/c1-5-15-10(2)12-8-6-7-9-13(12)18-11(3)14(16)17-4/h6-11,15H,5H2,1-4H3. The lowest BCUT2D eigenvalue weighted by molar-refractivity contribution is -0.147. The third kappa shape index (κ3) is 3.74. The van der Waals surface area contributed by atoms with E-state index in [2.05, 4.69) is 23.9 Å². The van der Waals surface area contributed by atoms with Gasteiger partial charge in [-0.1, -0.05) is 25.1 Å². The van der Waals surface area contributed by atoms with Gasteiger partial charge in [0.15, 0.2) is 6.10 Å². The van der Waals surface area contributed by atoms with E-state index < -0.39 is 6.10 Å². The third-order valence-corrected chi connectivity index (χ3v) is 2.73. The fourth-order valence-electron chi connectivity index (χ4n) is 1.77. The molecule has 0 bridgehead atoms. The number of carbonyl (C=O) groups excluding carboxylic acids is 1. The molecule has 2 unspecified atom stereocenters. The molecule has 1 aromatic carbocycles. The van der Waals surface area contributed by atoms with Crippen molar-refractivity contribution in [2.45, 2.75) is 32.9 Å². The maximum Gasteiger partial charge on any atom is 0.346 e. The Morgan fingerprint density at radius 3 is 2.61 bits per heavy atom. The molecule has 4 heteroatoms. The summed E-state index contributed by atoms with van der Waals surface area (Å²) in [6.45, 7) is 6.67. The van der Waals surface area contributed by atoms with Crippen molar-refractivity contribution in [3.05, 3.63) is 29.8 Å². The van der Waals surface area contributed by atoms with E-state index in [1.165, 1.54) is 7.11 Å². The average molecular weight is 251 g/mol. The fraction of sp³-hybridized carbons (Fsp3) is 0.500. The minimum Gasteiger partial charge on any atom is -0.479 e. The molecule has 4 nitrogen and oxygen atoms in total. The molecule has 1 aromatic rings. The van der Waals surface area contributed by atoms with E-state index in [0.717, 1.165) is 12.1 Å². The van der Waals surface area contributed by atoms with Crippen LogP contribution in [0.15, 0.2) is 24.3 Å². The normalized spacial score (nSPS) is 13.8. The number of hydrogen-bond donors (Lipinski definition) is 1. The van der Waals surface area contributed by atoms with E-state index in [-0.39, 0.29) is 12.0 Å². The number of methoxy groups -OCH3 is 1. The second-order valence-corrected chi connectivity index (χ2v) is 4.10. The molecule has 0 fully saturated rings. The van der Waals surface area contributed by atoms with Crippen molar-refractivity contribution in [2.75, 3.05) is 13.7 Å². The van der Waals surface area contributed by atoms with E-state index >= 15 is 0 Å². The number of ether oxygens (including phenoxy) is 2. The summed E-state index contributed by atoms with van der Waals surface area (Å²) in [6.07, 6.45) is -0.607. The van der Waals surface area contributed by atoms with E-state index in [0.29, 0.717) is 5.75 Å². The van der Waals surface area contributed by atoms with Crippen molar-refractivity contribution >= 4 is 5.97 Å². The highest BCUT2D eigenvalue weighted by Crippen LogP contribution is 2.25. The van der Waals surface area contributed by atoms with Gasteiger partial charge in [-0.2, -0.15) is 0 Å². The Kier molecular flexibility index (Phi) is 5.65. The minimum atomic E-state index is -0.607. The van der Waals surface area contributed by atoms with Gasteiger partial charge in [0, 0.05) is 11.6 Å². The van der Waals surface area contributed by atoms with Gasteiger partial charge in [0.2, 0.25) is 0 Å². The first-order valence-electron chi connectivity index (χ1n) is 6.17. The lowest BCUT2D eigenvalue weighted by Gasteiger charge is -2.19. The quantitative estimate of drug-likeness (QED) is 0.788. The largest absolute Gasteiger partial charge is 0.479 e. The molecule has 0 aromatic heterocycles. The number of benzene rings is 1. The lowest BCUT2D eigenvalue weighted by atomic mass is 10.1. The van der Waals surface area contributed by atoms with Gasteiger partial charge in [-0.05, 0) is 26.5 Å². The number of esters is 1. The van der Waals surface area contributed by atoms with Crippen LogP contribution in [0.4, 0.5) is 0 Å². The van der Waals surface area contributed by atoms with Gasteiger partial charge in [0.1, 0.15) is 5.75 Å². The van der Waals surface area contributed by atoms with Gasteiger partial charge < -0.3 is 14.8 Å². The fourth-order valence-corrected chi connectivity index (χ4v) is 1.77. The number of para-hydroxylation sites is 1. The molecule has 18 heavy (non-hydrogen) atoms. The van der Waals surface area contributed by atoms with E-state index in [1.54, 1.807) is 6.92 Å². The number of rotatable bonds is 6. The van der Waals surface area contributed by atoms with E-state index in [1.807, 2.05) is 24.3 Å². The summed E-state index contributed by atoms with van der Waals surface area (Å²) < 4.78 is 10.3. The monoisotopic (exact) mass is 251 g/mol. The predicted molar refractivity (Wildman–Crippen MR) is 70.6 cm³/mol. The zero-order valence-electron chi connectivity index (χ0n) is 11.4. The molecular formula is C14H21NO3. The van der Waals surface area contributed by atoms with Gasteiger partial charge in [0.05, 0.1) is 7.11 Å². The second kappa shape index (κ2) is 7.01. The van der Waals surface area contributed by atoms with Crippen LogP contribution >= 0.6 is 0 Å². The molecule has 0 aliphatic rings. The van der Waals surface area contributed by atoms with Crippen molar-refractivity contribution in [3.8, 4) is 5.75 Å². The Balaban J connectivity index is 2.85. The van der Waals surface area contributed by atoms with Crippen LogP contribution < -0.4 is 10.1 Å². The van der Waals surface area contributed by atoms with E-state index in [9.17, 15) is 4.79 Å². The zero-order valence-corrected chi connectivity index (χ0v) is 11.4. The Morgan fingerprint density at radius 1 is 1.33 bits per heavy atom. The number of carbonyl (C=O) groups is 1.